The van der Waals surface area contributed by atoms with Crippen LogP contribution in [-0.4, -0.2) is 24.9 Å². The number of rotatable bonds is 2. The molecule has 0 rings (SSSR count). The number of likely N-dealkylation sites (N-methyl/N-ethyl adjacent to an activating group) is 1. The van der Waals surface area contributed by atoms with Crippen molar-refractivity contribution in [2.24, 2.45) is 0 Å². The van der Waals surface area contributed by atoms with Gasteiger partial charge in [-0.3, -0.25) is 4.79 Å². The number of allylic oxidation sites excluding steroid dienone is 1. The van der Waals surface area contributed by atoms with Crippen LogP contribution < -0.4 is 0 Å². The second kappa shape index (κ2) is 9.21. The van der Waals surface area contributed by atoms with Crippen molar-refractivity contribution in [3.63, 3.8) is 0 Å². The van der Waals surface area contributed by atoms with E-state index >= 15 is 0 Å². The Bertz CT molecular complexity index is 117. The zero-order valence-electron chi connectivity index (χ0n) is 8.22. The van der Waals surface area contributed by atoms with Crippen LogP contribution in [0, 0.1) is 0 Å². The van der Waals surface area contributed by atoms with Crippen LogP contribution in [0.1, 0.15) is 27.2 Å². The van der Waals surface area contributed by atoms with Gasteiger partial charge in [-0.25, -0.2) is 0 Å². The molecule has 0 aliphatic heterocycles. The number of hydrogen-bond donors (Lipinski definition) is 0. The molecule has 66 valence electrons. The molecule has 0 atom stereocenters. The van der Waals surface area contributed by atoms with E-state index in [1.807, 2.05) is 26.8 Å². The standard InChI is InChI=1S/C7H13NO.C2H6/c1-4-5-6-7(9)8(2)3;1-2/h5-6H,4H2,1-3H3;1-2H3/b6-5+;. The summed E-state index contributed by atoms with van der Waals surface area (Å²) in [7, 11) is 3.48. The van der Waals surface area contributed by atoms with Gasteiger partial charge in [0.1, 0.15) is 0 Å². The minimum absolute atomic E-state index is 0.0526. The highest BCUT2D eigenvalue weighted by Gasteiger charge is 1.93. The molecule has 11 heavy (non-hydrogen) atoms. The van der Waals surface area contributed by atoms with Gasteiger partial charge in [-0.1, -0.05) is 26.8 Å². The molecule has 2 nitrogen and oxygen atoms in total. The minimum Gasteiger partial charge on any atom is -0.345 e. The molecule has 0 aliphatic rings. The van der Waals surface area contributed by atoms with Crippen molar-refractivity contribution in [1.82, 2.24) is 4.90 Å². The third-order valence-electron chi connectivity index (χ3n) is 0.937. The summed E-state index contributed by atoms with van der Waals surface area (Å²) in [6, 6.07) is 0. The van der Waals surface area contributed by atoms with Gasteiger partial charge in [0.15, 0.2) is 0 Å². The largest absolute Gasteiger partial charge is 0.345 e. The lowest BCUT2D eigenvalue weighted by Crippen LogP contribution is -2.18. The first-order chi connectivity index (χ1) is 5.18. The Labute approximate surface area is 69.9 Å². The molecule has 0 spiro atoms. The highest BCUT2D eigenvalue weighted by Crippen LogP contribution is 1.83. The first kappa shape index (κ1) is 12.8. The normalized spacial score (nSPS) is 8.82. The summed E-state index contributed by atoms with van der Waals surface area (Å²) in [5.41, 5.74) is 0. The van der Waals surface area contributed by atoms with Gasteiger partial charge in [0.25, 0.3) is 0 Å². The number of amides is 1. The maximum atomic E-state index is 10.7. The van der Waals surface area contributed by atoms with Crippen molar-refractivity contribution in [2.75, 3.05) is 14.1 Å². The van der Waals surface area contributed by atoms with Crippen molar-refractivity contribution in [2.45, 2.75) is 27.2 Å². The molecular weight excluding hydrogens is 138 g/mol. The smallest absolute Gasteiger partial charge is 0.245 e. The second-order valence-electron chi connectivity index (χ2n) is 2.04. The van der Waals surface area contributed by atoms with Crippen molar-refractivity contribution < 1.29 is 4.79 Å². The predicted molar refractivity (Wildman–Crippen MR) is 49.5 cm³/mol. The van der Waals surface area contributed by atoms with Crippen LogP contribution in [0.15, 0.2) is 12.2 Å². The lowest BCUT2D eigenvalue weighted by molar-refractivity contribution is -0.123. The Kier molecular flexibility index (Phi) is 10.8. The van der Waals surface area contributed by atoms with Crippen molar-refractivity contribution in [3.05, 3.63) is 12.2 Å². The van der Waals surface area contributed by atoms with Gasteiger partial charge in [-0.05, 0) is 12.5 Å². The molecule has 0 saturated carbocycles. The molecule has 0 aromatic carbocycles. The second-order valence-corrected chi connectivity index (χ2v) is 2.04. The van der Waals surface area contributed by atoms with Crippen LogP contribution in [0.2, 0.25) is 0 Å². The van der Waals surface area contributed by atoms with E-state index in [1.54, 1.807) is 25.1 Å². The van der Waals surface area contributed by atoms with Crippen LogP contribution in [0.25, 0.3) is 0 Å². The highest BCUT2D eigenvalue weighted by molar-refractivity contribution is 5.86. The summed E-state index contributed by atoms with van der Waals surface area (Å²) in [6.07, 6.45) is 4.35. The van der Waals surface area contributed by atoms with Gasteiger partial charge in [-0.15, -0.1) is 0 Å². The zero-order chi connectivity index (χ0) is 9.28. The maximum absolute atomic E-state index is 10.7. The van der Waals surface area contributed by atoms with Crippen LogP contribution in [-0.2, 0) is 4.79 Å². The monoisotopic (exact) mass is 157 g/mol. The number of carbonyl (C=O) groups excluding carboxylic acids is 1. The number of nitrogens with zero attached hydrogens (tertiary/aromatic N) is 1. The van der Waals surface area contributed by atoms with E-state index in [9.17, 15) is 4.79 Å². The summed E-state index contributed by atoms with van der Waals surface area (Å²) >= 11 is 0. The third-order valence-corrected chi connectivity index (χ3v) is 0.937. The first-order valence-corrected chi connectivity index (χ1v) is 4.06. The zero-order valence-corrected chi connectivity index (χ0v) is 8.22. The molecule has 0 aliphatic carbocycles. The Balaban J connectivity index is 0. The van der Waals surface area contributed by atoms with Crippen LogP contribution in [0.4, 0.5) is 0 Å². The SMILES string of the molecule is CC.CC/C=C/C(=O)N(C)C. The van der Waals surface area contributed by atoms with E-state index in [-0.39, 0.29) is 5.91 Å². The lowest BCUT2D eigenvalue weighted by atomic mass is 10.4. The van der Waals surface area contributed by atoms with E-state index in [0.29, 0.717) is 0 Å². The Hall–Kier alpha value is -0.790. The van der Waals surface area contributed by atoms with Gasteiger partial charge < -0.3 is 4.90 Å². The average Bonchev–Trinajstić information content (AvgIpc) is 2.03. The molecule has 0 aromatic rings. The Morgan fingerprint density at radius 1 is 1.36 bits per heavy atom. The topological polar surface area (TPSA) is 20.3 Å². The Morgan fingerprint density at radius 3 is 2.09 bits per heavy atom. The fourth-order valence-electron chi connectivity index (χ4n) is 0.368. The summed E-state index contributed by atoms with van der Waals surface area (Å²) in [5, 5.41) is 0. The van der Waals surface area contributed by atoms with Gasteiger partial charge >= 0.3 is 0 Å². The van der Waals surface area contributed by atoms with E-state index in [2.05, 4.69) is 0 Å². The Morgan fingerprint density at radius 2 is 1.82 bits per heavy atom. The van der Waals surface area contributed by atoms with E-state index in [4.69, 9.17) is 0 Å². The molecule has 0 heterocycles. The molecule has 0 saturated heterocycles. The molecule has 0 bridgehead atoms. The van der Waals surface area contributed by atoms with Crippen molar-refractivity contribution in [3.8, 4) is 0 Å². The summed E-state index contributed by atoms with van der Waals surface area (Å²) < 4.78 is 0. The lowest BCUT2D eigenvalue weighted by Gasteiger charge is -2.04. The first-order valence-electron chi connectivity index (χ1n) is 4.06. The molecule has 0 fully saturated rings. The van der Waals surface area contributed by atoms with E-state index in [1.165, 1.54) is 0 Å². The summed E-state index contributed by atoms with van der Waals surface area (Å²) in [6.45, 7) is 6.00. The van der Waals surface area contributed by atoms with Crippen LogP contribution in [0.3, 0.4) is 0 Å². The van der Waals surface area contributed by atoms with Crippen LogP contribution >= 0.6 is 0 Å². The molecule has 0 radical (unpaired) electrons. The maximum Gasteiger partial charge on any atom is 0.245 e. The molecule has 1 amide bonds. The molecule has 0 unspecified atom stereocenters. The highest BCUT2D eigenvalue weighted by atomic mass is 16.2. The van der Waals surface area contributed by atoms with E-state index in [0.717, 1.165) is 6.42 Å². The molecule has 0 N–H and O–H groups in total. The van der Waals surface area contributed by atoms with Gasteiger partial charge in [0.2, 0.25) is 5.91 Å². The third kappa shape index (κ3) is 9.21. The average molecular weight is 157 g/mol. The fraction of sp³-hybridized carbons (Fsp3) is 0.667. The quantitative estimate of drug-likeness (QED) is 0.562. The molecular formula is C9H19NO. The number of hydrogen-bond acceptors (Lipinski definition) is 1. The van der Waals surface area contributed by atoms with Gasteiger partial charge in [0.05, 0.1) is 0 Å². The minimum atomic E-state index is 0.0526. The van der Waals surface area contributed by atoms with Crippen molar-refractivity contribution in [1.29, 1.82) is 0 Å². The fourth-order valence-corrected chi connectivity index (χ4v) is 0.368. The van der Waals surface area contributed by atoms with Gasteiger partial charge in [0, 0.05) is 14.1 Å². The van der Waals surface area contributed by atoms with Crippen molar-refractivity contribution >= 4 is 5.91 Å². The van der Waals surface area contributed by atoms with Crippen LogP contribution in [0.5, 0.6) is 0 Å². The predicted octanol–water partition coefficient (Wildman–Crippen LogP) is 2.07. The molecule has 2 heteroatoms. The summed E-state index contributed by atoms with van der Waals surface area (Å²) in [5.74, 6) is 0.0526. The number of carbonyl (C=O) groups is 1. The van der Waals surface area contributed by atoms with E-state index < -0.39 is 0 Å². The van der Waals surface area contributed by atoms with Gasteiger partial charge in [-0.2, -0.15) is 0 Å². The summed E-state index contributed by atoms with van der Waals surface area (Å²) in [4.78, 5) is 12.3. The molecule has 0 aromatic heterocycles.